The summed E-state index contributed by atoms with van der Waals surface area (Å²) in [5.41, 5.74) is 0. The third-order valence-electron chi connectivity index (χ3n) is 6.41. The number of hydrogen-bond acceptors (Lipinski definition) is 3. The maximum atomic E-state index is 12.9. The Labute approximate surface area is 169 Å². The molecule has 5 heteroatoms. The van der Waals surface area contributed by atoms with Crippen molar-refractivity contribution in [3.05, 3.63) is 30.3 Å². The van der Waals surface area contributed by atoms with Gasteiger partial charge in [0, 0.05) is 32.1 Å². The van der Waals surface area contributed by atoms with Crippen LogP contribution in [-0.2, 0) is 9.59 Å². The predicted molar refractivity (Wildman–Crippen MR) is 110 cm³/mol. The van der Waals surface area contributed by atoms with Gasteiger partial charge in [-0.25, -0.2) is 0 Å². The number of carbonyl (C=O) groups is 2. The zero-order chi connectivity index (χ0) is 19.9. The number of amides is 2. The summed E-state index contributed by atoms with van der Waals surface area (Å²) in [6.07, 6.45) is 6.63. The Kier molecular flexibility index (Phi) is 7.35. The molecule has 0 unspecified atom stereocenters. The number of carbonyl (C=O) groups excluding carboxylic acids is 2. The third-order valence-corrected chi connectivity index (χ3v) is 6.41. The van der Waals surface area contributed by atoms with Gasteiger partial charge in [-0.05, 0) is 56.6 Å². The quantitative estimate of drug-likeness (QED) is 0.748. The molecule has 0 atom stereocenters. The summed E-state index contributed by atoms with van der Waals surface area (Å²) >= 11 is 0. The highest BCUT2D eigenvalue weighted by molar-refractivity contribution is 5.80. The minimum Gasteiger partial charge on any atom is -0.493 e. The Morgan fingerprint density at radius 2 is 1.68 bits per heavy atom. The number of para-hydroxylation sites is 1. The van der Waals surface area contributed by atoms with Crippen LogP contribution in [0.1, 0.15) is 51.9 Å². The van der Waals surface area contributed by atoms with Crippen LogP contribution < -0.4 is 4.74 Å². The standard InChI is InChI=1S/C23H34N2O3/c1-18-8-10-20(11-9-18)24(2)23(27)19-12-15-25(16-13-19)22(26)14-17-28-21-6-4-3-5-7-21/h3-7,18-20H,8-17H2,1-2H3. The van der Waals surface area contributed by atoms with E-state index in [2.05, 4.69) is 6.92 Å². The number of ether oxygens (including phenoxy) is 1. The van der Waals surface area contributed by atoms with Crippen molar-refractivity contribution in [1.82, 2.24) is 9.80 Å². The largest absolute Gasteiger partial charge is 0.493 e. The van der Waals surface area contributed by atoms with E-state index in [1.165, 1.54) is 12.8 Å². The van der Waals surface area contributed by atoms with E-state index >= 15 is 0 Å². The molecular weight excluding hydrogens is 352 g/mol. The molecule has 1 saturated heterocycles. The SMILES string of the molecule is CC1CCC(N(C)C(=O)C2CCN(C(=O)CCOc3ccccc3)CC2)CC1. The molecule has 0 radical (unpaired) electrons. The van der Waals surface area contributed by atoms with Gasteiger partial charge in [-0.15, -0.1) is 0 Å². The van der Waals surface area contributed by atoms with Crippen molar-refractivity contribution in [2.45, 2.75) is 57.9 Å². The molecule has 1 aromatic rings. The van der Waals surface area contributed by atoms with E-state index in [0.717, 1.165) is 37.4 Å². The second-order valence-corrected chi connectivity index (χ2v) is 8.43. The molecule has 1 saturated carbocycles. The van der Waals surface area contributed by atoms with E-state index in [1.807, 2.05) is 47.2 Å². The first-order valence-electron chi connectivity index (χ1n) is 10.8. The molecule has 1 aliphatic carbocycles. The Morgan fingerprint density at radius 1 is 1.04 bits per heavy atom. The van der Waals surface area contributed by atoms with Crippen LogP contribution in [0.25, 0.3) is 0 Å². The van der Waals surface area contributed by atoms with Gasteiger partial charge in [0.25, 0.3) is 0 Å². The lowest BCUT2D eigenvalue weighted by Gasteiger charge is -2.38. The van der Waals surface area contributed by atoms with Crippen LogP contribution in [0.4, 0.5) is 0 Å². The zero-order valence-corrected chi connectivity index (χ0v) is 17.3. The Hall–Kier alpha value is -2.04. The fourth-order valence-electron chi connectivity index (χ4n) is 4.40. The van der Waals surface area contributed by atoms with Crippen molar-refractivity contribution in [3.8, 4) is 5.75 Å². The lowest BCUT2D eigenvalue weighted by atomic mass is 9.86. The van der Waals surface area contributed by atoms with Crippen LogP contribution in [0.2, 0.25) is 0 Å². The summed E-state index contributed by atoms with van der Waals surface area (Å²) < 4.78 is 5.62. The van der Waals surface area contributed by atoms with Gasteiger partial charge in [-0.2, -0.15) is 0 Å². The van der Waals surface area contributed by atoms with E-state index in [1.54, 1.807) is 0 Å². The normalized spacial score (nSPS) is 23.3. The number of piperidine rings is 1. The molecule has 28 heavy (non-hydrogen) atoms. The molecule has 2 aliphatic rings. The van der Waals surface area contributed by atoms with Gasteiger partial charge in [0.1, 0.15) is 5.75 Å². The lowest BCUT2D eigenvalue weighted by molar-refractivity contribution is -0.142. The lowest BCUT2D eigenvalue weighted by Crippen LogP contribution is -2.47. The van der Waals surface area contributed by atoms with E-state index < -0.39 is 0 Å². The van der Waals surface area contributed by atoms with Crippen molar-refractivity contribution < 1.29 is 14.3 Å². The fraction of sp³-hybridized carbons (Fsp3) is 0.652. The molecule has 0 spiro atoms. The highest BCUT2D eigenvalue weighted by Crippen LogP contribution is 2.29. The summed E-state index contributed by atoms with van der Waals surface area (Å²) in [5.74, 6) is 2.05. The van der Waals surface area contributed by atoms with Crippen LogP contribution in [0.15, 0.2) is 30.3 Å². The molecule has 2 amide bonds. The summed E-state index contributed by atoms with van der Waals surface area (Å²) in [4.78, 5) is 29.2. The number of nitrogens with zero attached hydrogens (tertiary/aromatic N) is 2. The number of rotatable bonds is 6. The number of benzene rings is 1. The monoisotopic (exact) mass is 386 g/mol. The van der Waals surface area contributed by atoms with Gasteiger partial charge < -0.3 is 14.5 Å². The summed E-state index contributed by atoms with van der Waals surface area (Å²) in [6.45, 7) is 4.05. The molecular formula is C23H34N2O3. The molecule has 3 rings (SSSR count). The van der Waals surface area contributed by atoms with E-state index in [9.17, 15) is 9.59 Å². The van der Waals surface area contributed by atoms with Crippen molar-refractivity contribution in [1.29, 1.82) is 0 Å². The topological polar surface area (TPSA) is 49.9 Å². The number of likely N-dealkylation sites (tertiary alicyclic amines) is 1. The van der Waals surface area contributed by atoms with E-state index in [-0.39, 0.29) is 17.7 Å². The van der Waals surface area contributed by atoms with Gasteiger partial charge >= 0.3 is 0 Å². The molecule has 2 fully saturated rings. The summed E-state index contributed by atoms with van der Waals surface area (Å²) in [7, 11) is 1.97. The van der Waals surface area contributed by atoms with Gasteiger partial charge in [-0.3, -0.25) is 9.59 Å². The Balaban J connectivity index is 1.38. The van der Waals surface area contributed by atoms with Crippen LogP contribution in [-0.4, -0.2) is 54.4 Å². The Bertz CT molecular complexity index is 633. The minimum absolute atomic E-state index is 0.0639. The Morgan fingerprint density at radius 3 is 2.32 bits per heavy atom. The molecule has 0 aromatic heterocycles. The first kappa shape index (κ1) is 20.7. The van der Waals surface area contributed by atoms with Crippen LogP contribution >= 0.6 is 0 Å². The van der Waals surface area contributed by atoms with Crippen molar-refractivity contribution in [3.63, 3.8) is 0 Å². The van der Waals surface area contributed by atoms with Crippen molar-refractivity contribution >= 4 is 11.8 Å². The molecule has 0 N–H and O–H groups in total. The highest BCUT2D eigenvalue weighted by Gasteiger charge is 2.32. The fourth-order valence-corrected chi connectivity index (χ4v) is 4.40. The first-order valence-corrected chi connectivity index (χ1v) is 10.8. The van der Waals surface area contributed by atoms with E-state index in [4.69, 9.17) is 4.74 Å². The average Bonchev–Trinajstić information content (AvgIpc) is 2.74. The van der Waals surface area contributed by atoms with Crippen molar-refractivity contribution in [2.24, 2.45) is 11.8 Å². The van der Waals surface area contributed by atoms with Gasteiger partial charge in [0.2, 0.25) is 11.8 Å². The molecule has 1 heterocycles. The summed E-state index contributed by atoms with van der Waals surface area (Å²) in [5, 5.41) is 0. The second kappa shape index (κ2) is 9.94. The maximum absolute atomic E-state index is 12.9. The molecule has 5 nitrogen and oxygen atoms in total. The van der Waals surface area contributed by atoms with Gasteiger partial charge in [0.05, 0.1) is 13.0 Å². The van der Waals surface area contributed by atoms with E-state index in [0.29, 0.717) is 32.2 Å². The van der Waals surface area contributed by atoms with Gasteiger partial charge in [0.15, 0.2) is 0 Å². The minimum atomic E-state index is 0.0639. The smallest absolute Gasteiger partial charge is 0.225 e. The van der Waals surface area contributed by atoms with Crippen molar-refractivity contribution in [2.75, 3.05) is 26.7 Å². The molecule has 0 bridgehead atoms. The van der Waals surface area contributed by atoms with Gasteiger partial charge in [-0.1, -0.05) is 25.1 Å². The predicted octanol–water partition coefficient (Wildman–Crippen LogP) is 3.73. The third kappa shape index (κ3) is 5.49. The average molecular weight is 387 g/mol. The van der Waals surface area contributed by atoms with Crippen LogP contribution in [0.5, 0.6) is 5.75 Å². The summed E-state index contributed by atoms with van der Waals surface area (Å²) in [6, 6.07) is 9.97. The zero-order valence-electron chi connectivity index (χ0n) is 17.3. The molecule has 1 aromatic carbocycles. The first-order chi connectivity index (χ1) is 13.5. The van der Waals surface area contributed by atoms with Crippen LogP contribution in [0, 0.1) is 11.8 Å². The molecule has 154 valence electrons. The maximum Gasteiger partial charge on any atom is 0.225 e. The molecule has 1 aliphatic heterocycles. The second-order valence-electron chi connectivity index (χ2n) is 8.43. The highest BCUT2D eigenvalue weighted by atomic mass is 16.5. The van der Waals surface area contributed by atoms with Crippen LogP contribution in [0.3, 0.4) is 0 Å². The number of hydrogen-bond donors (Lipinski definition) is 0.